The van der Waals surface area contributed by atoms with E-state index in [1.807, 2.05) is 0 Å². The molecule has 0 aliphatic heterocycles. The number of rotatable bonds is 10. The van der Waals surface area contributed by atoms with Gasteiger partial charge in [0.25, 0.3) is 0 Å². The van der Waals surface area contributed by atoms with Gasteiger partial charge in [0.2, 0.25) is 0 Å². The van der Waals surface area contributed by atoms with Gasteiger partial charge < -0.3 is 5.11 Å². The van der Waals surface area contributed by atoms with Crippen LogP contribution in [0.1, 0.15) is 39.5 Å². The Labute approximate surface area is 101 Å². The SMILES string of the molecule is CCCCS[C@H](CO)C[S@](=O)CCCC. The maximum Gasteiger partial charge on any atom is 0.0558 e. The van der Waals surface area contributed by atoms with Crippen molar-refractivity contribution in [3.63, 3.8) is 0 Å². The minimum Gasteiger partial charge on any atom is -0.395 e. The average Bonchev–Trinajstić information content (AvgIpc) is 2.25. The summed E-state index contributed by atoms with van der Waals surface area (Å²) in [5.74, 6) is 2.53. The molecule has 0 bridgehead atoms. The van der Waals surface area contributed by atoms with E-state index in [-0.39, 0.29) is 11.9 Å². The summed E-state index contributed by atoms with van der Waals surface area (Å²) in [4.78, 5) is 0. The number of hydrogen-bond acceptors (Lipinski definition) is 3. The summed E-state index contributed by atoms with van der Waals surface area (Å²) in [6, 6.07) is 0. The van der Waals surface area contributed by atoms with Crippen LogP contribution < -0.4 is 0 Å². The molecule has 2 nitrogen and oxygen atoms in total. The summed E-state index contributed by atoms with van der Waals surface area (Å²) in [5, 5.41) is 9.32. The second-order valence-electron chi connectivity index (χ2n) is 3.69. The van der Waals surface area contributed by atoms with Crippen LogP contribution in [0.4, 0.5) is 0 Å². The van der Waals surface area contributed by atoms with Crippen LogP contribution in [0.15, 0.2) is 0 Å². The molecule has 0 fully saturated rings. The quantitative estimate of drug-likeness (QED) is 0.607. The van der Waals surface area contributed by atoms with Crippen molar-refractivity contribution >= 4 is 22.6 Å². The van der Waals surface area contributed by atoms with Crippen LogP contribution in [0, 0.1) is 0 Å². The molecule has 0 radical (unpaired) electrons. The fourth-order valence-corrected chi connectivity index (χ4v) is 4.18. The van der Waals surface area contributed by atoms with Crippen molar-refractivity contribution < 1.29 is 9.32 Å². The molecule has 15 heavy (non-hydrogen) atoms. The van der Waals surface area contributed by atoms with Gasteiger partial charge in [0.15, 0.2) is 0 Å². The van der Waals surface area contributed by atoms with Crippen molar-refractivity contribution in [3.8, 4) is 0 Å². The van der Waals surface area contributed by atoms with Gasteiger partial charge in [0, 0.05) is 27.6 Å². The second kappa shape index (κ2) is 11.0. The standard InChI is InChI=1S/C11H24O2S2/c1-3-5-7-14-11(9-12)10-15(13)8-6-4-2/h11-12H,3-10H2,1-2H3/t11-,15-/m1/s1. The number of thioether (sulfide) groups is 1. The zero-order valence-corrected chi connectivity index (χ0v) is 11.5. The molecule has 4 heteroatoms. The predicted molar refractivity (Wildman–Crippen MR) is 71.0 cm³/mol. The zero-order valence-electron chi connectivity index (χ0n) is 9.91. The summed E-state index contributed by atoms with van der Waals surface area (Å²) in [7, 11) is -0.736. The molecule has 0 spiro atoms. The van der Waals surface area contributed by atoms with E-state index >= 15 is 0 Å². The lowest BCUT2D eigenvalue weighted by atomic mass is 10.4. The molecular weight excluding hydrogens is 228 g/mol. The highest BCUT2D eigenvalue weighted by Gasteiger charge is 2.11. The van der Waals surface area contributed by atoms with Crippen molar-refractivity contribution in [1.29, 1.82) is 0 Å². The van der Waals surface area contributed by atoms with E-state index in [1.165, 1.54) is 12.8 Å². The van der Waals surface area contributed by atoms with Crippen molar-refractivity contribution in [2.45, 2.75) is 44.8 Å². The highest BCUT2D eigenvalue weighted by Crippen LogP contribution is 2.14. The fourth-order valence-electron chi connectivity index (χ4n) is 1.14. The Hall–Kier alpha value is 0.460. The lowest BCUT2D eigenvalue weighted by molar-refractivity contribution is 0.301. The van der Waals surface area contributed by atoms with Gasteiger partial charge in [0.1, 0.15) is 0 Å². The largest absolute Gasteiger partial charge is 0.395 e. The molecule has 2 atom stereocenters. The number of aliphatic hydroxyl groups is 1. The summed E-state index contributed by atoms with van der Waals surface area (Å²) in [5.41, 5.74) is 0. The molecule has 0 aliphatic carbocycles. The van der Waals surface area contributed by atoms with E-state index in [2.05, 4.69) is 13.8 Å². The van der Waals surface area contributed by atoms with E-state index in [4.69, 9.17) is 5.11 Å². The molecule has 0 aliphatic rings. The van der Waals surface area contributed by atoms with Crippen molar-refractivity contribution in [2.75, 3.05) is 23.9 Å². The molecule has 0 unspecified atom stereocenters. The van der Waals surface area contributed by atoms with Gasteiger partial charge in [-0.2, -0.15) is 11.8 Å². The third kappa shape index (κ3) is 9.39. The van der Waals surface area contributed by atoms with E-state index in [9.17, 15) is 4.21 Å². The molecule has 0 aromatic carbocycles. The first kappa shape index (κ1) is 15.5. The third-order valence-electron chi connectivity index (χ3n) is 2.15. The number of aliphatic hydroxyl groups excluding tert-OH is 1. The van der Waals surface area contributed by atoms with Gasteiger partial charge in [0.05, 0.1) is 6.61 Å². The van der Waals surface area contributed by atoms with Crippen LogP contribution in [-0.4, -0.2) is 38.4 Å². The maximum absolute atomic E-state index is 11.6. The van der Waals surface area contributed by atoms with Gasteiger partial charge in [-0.05, 0) is 18.6 Å². The molecule has 0 aromatic rings. The smallest absolute Gasteiger partial charge is 0.0558 e. The predicted octanol–water partition coefficient (Wildman–Crippen LogP) is 2.43. The molecule has 0 saturated carbocycles. The molecular formula is C11H24O2S2. The Balaban J connectivity index is 3.62. The first-order chi connectivity index (χ1) is 7.24. The van der Waals surface area contributed by atoms with E-state index in [1.54, 1.807) is 11.8 Å². The number of hydrogen-bond donors (Lipinski definition) is 1. The van der Waals surface area contributed by atoms with Crippen LogP contribution in [-0.2, 0) is 10.8 Å². The molecule has 0 amide bonds. The lowest BCUT2D eigenvalue weighted by Gasteiger charge is -2.12. The molecule has 1 N–H and O–H groups in total. The summed E-state index contributed by atoms with van der Waals surface area (Å²) in [6.45, 7) is 4.43. The molecule has 0 saturated heterocycles. The van der Waals surface area contributed by atoms with Crippen LogP contribution in [0.3, 0.4) is 0 Å². The van der Waals surface area contributed by atoms with E-state index in [0.29, 0.717) is 5.75 Å². The summed E-state index contributed by atoms with van der Waals surface area (Å²) >= 11 is 1.76. The Morgan fingerprint density at radius 3 is 2.47 bits per heavy atom. The topological polar surface area (TPSA) is 37.3 Å². The maximum atomic E-state index is 11.6. The van der Waals surface area contributed by atoms with E-state index in [0.717, 1.165) is 24.3 Å². The Kier molecular flexibility index (Phi) is 11.3. The molecule has 0 rings (SSSR count). The monoisotopic (exact) mass is 252 g/mol. The second-order valence-corrected chi connectivity index (χ2v) is 6.72. The molecule has 0 aromatic heterocycles. The number of unbranched alkanes of at least 4 members (excludes halogenated alkanes) is 2. The van der Waals surface area contributed by atoms with Gasteiger partial charge in [-0.15, -0.1) is 0 Å². The van der Waals surface area contributed by atoms with Crippen LogP contribution in [0.25, 0.3) is 0 Å². The highest BCUT2D eigenvalue weighted by atomic mass is 32.2. The normalized spacial score (nSPS) is 15.1. The van der Waals surface area contributed by atoms with Crippen LogP contribution in [0.2, 0.25) is 0 Å². The Bertz CT molecular complexity index is 163. The first-order valence-electron chi connectivity index (χ1n) is 5.82. The zero-order chi connectivity index (χ0) is 11.5. The van der Waals surface area contributed by atoms with E-state index < -0.39 is 10.8 Å². The summed E-state index contributed by atoms with van der Waals surface area (Å²) < 4.78 is 11.6. The summed E-state index contributed by atoms with van der Waals surface area (Å²) in [6.07, 6.45) is 4.50. The van der Waals surface area contributed by atoms with Crippen molar-refractivity contribution in [3.05, 3.63) is 0 Å². The van der Waals surface area contributed by atoms with Crippen molar-refractivity contribution in [1.82, 2.24) is 0 Å². The fraction of sp³-hybridized carbons (Fsp3) is 1.00. The minimum absolute atomic E-state index is 0.159. The minimum atomic E-state index is -0.736. The average molecular weight is 252 g/mol. The molecule has 0 heterocycles. The van der Waals surface area contributed by atoms with Gasteiger partial charge in [-0.3, -0.25) is 4.21 Å². The van der Waals surface area contributed by atoms with Crippen LogP contribution >= 0.6 is 11.8 Å². The first-order valence-corrected chi connectivity index (χ1v) is 8.35. The van der Waals surface area contributed by atoms with Crippen LogP contribution in [0.5, 0.6) is 0 Å². The van der Waals surface area contributed by atoms with Crippen molar-refractivity contribution in [2.24, 2.45) is 0 Å². The third-order valence-corrected chi connectivity index (χ3v) is 5.19. The Morgan fingerprint density at radius 1 is 1.27 bits per heavy atom. The van der Waals surface area contributed by atoms with Gasteiger partial charge in [-0.1, -0.05) is 26.7 Å². The van der Waals surface area contributed by atoms with Gasteiger partial charge in [-0.25, -0.2) is 0 Å². The Morgan fingerprint density at radius 2 is 1.93 bits per heavy atom. The van der Waals surface area contributed by atoms with Gasteiger partial charge >= 0.3 is 0 Å². The lowest BCUT2D eigenvalue weighted by Crippen LogP contribution is -2.20. The highest BCUT2D eigenvalue weighted by molar-refractivity contribution is 8.00. The molecule has 92 valence electrons.